The van der Waals surface area contributed by atoms with E-state index in [0.29, 0.717) is 11.1 Å². The van der Waals surface area contributed by atoms with E-state index in [1.165, 1.54) is 22.3 Å². The molecule has 0 fully saturated rings. The van der Waals surface area contributed by atoms with Crippen LogP contribution in [0.4, 0.5) is 0 Å². The first kappa shape index (κ1) is 18.0. The van der Waals surface area contributed by atoms with Crippen molar-refractivity contribution >= 4 is 11.7 Å². The number of carbonyl (C=O) groups is 2. The molecule has 0 spiro atoms. The van der Waals surface area contributed by atoms with Gasteiger partial charge in [0, 0.05) is 11.6 Å². The number of carbonyl (C=O) groups excluding carboxylic acids is 2. The zero-order valence-corrected chi connectivity index (χ0v) is 15.6. The topological polar surface area (TPSA) is 64.0 Å². The summed E-state index contributed by atoms with van der Waals surface area (Å²) in [7, 11) is 0. The first-order chi connectivity index (χ1) is 12.1. The second-order valence-corrected chi connectivity index (χ2v) is 6.26. The highest BCUT2D eigenvalue weighted by Crippen LogP contribution is 2.36. The Morgan fingerprint density at radius 2 is 1.69 bits per heavy atom. The first-order valence-corrected chi connectivity index (χ1v) is 8.15. The Morgan fingerprint density at radius 3 is 2.50 bits per heavy atom. The molecule has 0 saturated carbocycles. The van der Waals surface area contributed by atoms with Crippen LogP contribution in [0.1, 0.15) is 31.8 Å². The number of fused-ring (bicyclic) bond motifs is 3. The molecule has 26 heavy (non-hydrogen) atoms. The van der Waals surface area contributed by atoms with Crippen LogP contribution in [-0.4, -0.2) is 11.7 Å². The quantitative estimate of drug-likeness (QED) is 0.366. The standard InChI is InChI=1S/C21H16N2O2.BrH/c22-21(25)16-5-3-9-23(12-16)13-20(24)15-7-8-19-17(11-15)10-14-4-1-2-6-18(14)19;/h1-9,11-12H,10,13H2,(H-,22,25);1H. The smallest absolute Gasteiger partial charge is 0.254 e. The van der Waals surface area contributed by atoms with Crippen molar-refractivity contribution in [1.29, 1.82) is 0 Å². The van der Waals surface area contributed by atoms with Gasteiger partial charge in [-0.1, -0.05) is 36.4 Å². The molecule has 3 aromatic rings. The second-order valence-electron chi connectivity index (χ2n) is 6.26. The van der Waals surface area contributed by atoms with E-state index >= 15 is 0 Å². The summed E-state index contributed by atoms with van der Waals surface area (Å²) < 4.78 is 1.68. The molecule has 0 radical (unpaired) electrons. The molecule has 4 rings (SSSR count). The molecule has 2 N–H and O–H groups in total. The van der Waals surface area contributed by atoms with Gasteiger partial charge in [0.25, 0.3) is 5.91 Å². The molecule has 130 valence electrons. The highest BCUT2D eigenvalue weighted by Gasteiger charge is 2.20. The van der Waals surface area contributed by atoms with Crippen LogP contribution < -0.4 is 27.3 Å². The Labute approximate surface area is 162 Å². The molecular weight excluding hydrogens is 392 g/mol. The Bertz CT molecular complexity index is 1010. The van der Waals surface area contributed by atoms with Crippen LogP contribution in [0, 0.1) is 0 Å². The van der Waals surface area contributed by atoms with Gasteiger partial charge in [-0.25, -0.2) is 0 Å². The molecular formula is C21H17BrN2O2. The maximum Gasteiger partial charge on any atom is 0.254 e. The van der Waals surface area contributed by atoms with E-state index in [1.54, 1.807) is 29.1 Å². The predicted molar refractivity (Wildman–Crippen MR) is 94.2 cm³/mol. The van der Waals surface area contributed by atoms with Crippen molar-refractivity contribution in [2.45, 2.75) is 13.0 Å². The monoisotopic (exact) mass is 408 g/mol. The first-order valence-electron chi connectivity index (χ1n) is 8.15. The van der Waals surface area contributed by atoms with Crippen LogP contribution in [0.25, 0.3) is 11.1 Å². The molecule has 5 heteroatoms. The van der Waals surface area contributed by atoms with Crippen molar-refractivity contribution < 1.29 is 31.1 Å². The SMILES string of the molecule is NC(=O)c1ccc[n+](CC(=O)c2ccc3c(c2)Cc2ccccc2-3)c1.[Br-]. The van der Waals surface area contributed by atoms with Gasteiger partial charge >= 0.3 is 0 Å². The van der Waals surface area contributed by atoms with Gasteiger partial charge in [-0.15, -0.1) is 0 Å². The van der Waals surface area contributed by atoms with Gasteiger partial charge in [0.15, 0.2) is 12.4 Å². The molecule has 1 heterocycles. The van der Waals surface area contributed by atoms with E-state index in [2.05, 4.69) is 12.1 Å². The summed E-state index contributed by atoms with van der Waals surface area (Å²) in [5.41, 5.74) is 11.3. The van der Waals surface area contributed by atoms with Crippen molar-refractivity contribution in [3.05, 3.63) is 89.2 Å². The van der Waals surface area contributed by atoms with E-state index in [4.69, 9.17) is 5.73 Å². The van der Waals surface area contributed by atoms with Gasteiger partial charge in [0.1, 0.15) is 5.56 Å². The molecule has 1 aromatic heterocycles. The number of benzene rings is 2. The number of ketones is 1. The Balaban J connectivity index is 0.00000196. The van der Waals surface area contributed by atoms with Crippen molar-refractivity contribution in [2.75, 3.05) is 0 Å². The third-order valence-electron chi connectivity index (χ3n) is 4.58. The maximum atomic E-state index is 12.6. The molecule has 0 saturated heterocycles. The van der Waals surface area contributed by atoms with Crippen LogP contribution in [0.3, 0.4) is 0 Å². The molecule has 0 bridgehead atoms. The van der Waals surface area contributed by atoms with Crippen LogP contribution in [0.15, 0.2) is 67.0 Å². The fourth-order valence-corrected chi connectivity index (χ4v) is 3.34. The molecule has 1 aliphatic carbocycles. The number of amides is 1. The Kier molecular flexibility index (Phi) is 5.00. The molecule has 1 amide bonds. The Hall–Kier alpha value is -2.79. The molecule has 0 atom stereocenters. The van der Waals surface area contributed by atoms with Crippen LogP contribution in [0.2, 0.25) is 0 Å². The van der Waals surface area contributed by atoms with Crippen LogP contribution in [-0.2, 0) is 13.0 Å². The molecule has 2 aromatic carbocycles. The van der Waals surface area contributed by atoms with Gasteiger partial charge in [-0.05, 0) is 40.8 Å². The van der Waals surface area contributed by atoms with Gasteiger partial charge in [0.2, 0.25) is 12.3 Å². The largest absolute Gasteiger partial charge is 1.00 e. The van der Waals surface area contributed by atoms with Gasteiger partial charge < -0.3 is 22.7 Å². The zero-order chi connectivity index (χ0) is 17.4. The van der Waals surface area contributed by atoms with E-state index in [-0.39, 0.29) is 29.3 Å². The van der Waals surface area contributed by atoms with E-state index in [1.807, 2.05) is 30.3 Å². The van der Waals surface area contributed by atoms with E-state index in [0.717, 1.165) is 6.42 Å². The minimum Gasteiger partial charge on any atom is -1.00 e. The number of pyridine rings is 1. The number of aromatic nitrogens is 1. The Morgan fingerprint density at radius 1 is 0.923 bits per heavy atom. The number of primary amides is 1. The minimum absolute atomic E-state index is 0. The lowest BCUT2D eigenvalue weighted by atomic mass is 10.0. The summed E-state index contributed by atoms with van der Waals surface area (Å²) in [6, 6.07) is 17.6. The summed E-state index contributed by atoms with van der Waals surface area (Å²) in [5, 5.41) is 0. The van der Waals surface area contributed by atoms with Gasteiger partial charge in [0.05, 0.1) is 0 Å². The lowest BCUT2D eigenvalue weighted by Gasteiger charge is -2.04. The summed E-state index contributed by atoms with van der Waals surface area (Å²) in [4.78, 5) is 23.9. The number of nitrogens with zero attached hydrogens (tertiary/aromatic N) is 1. The normalized spacial score (nSPS) is 11.2. The predicted octanol–water partition coefficient (Wildman–Crippen LogP) is -0.469. The third kappa shape index (κ3) is 3.30. The van der Waals surface area contributed by atoms with Crippen molar-refractivity contribution in [3.8, 4) is 11.1 Å². The number of hydrogen-bond acceptors (Lipinski definition) is 2. The number of rotatable bonds is 4. The third-order valence-corrected chi connectivity index (χ3v) is 4.58. The fourth-order valence-electron chi connectivity index (χ4n) is 3.34. The number of halogens is 1. The molecule has 0 aliphatic heterocycles. The van der Waals surface area contributed by atoms with E-state index in [9.17, 15) is 9.59 Å². The summed E-state index contributed by atoms with van der Waals surface area (Å²) in [6.45, 7) is 0.173. The average molecular weight is 409 g/mol. The number of nitrogens with two attached hydrogens (primary N) is 1. The minimum atomic E-state index is -0.503. The zero-order valence-electron chi connectivity index (χ0n) is 14.0. The molecule has 0 unspecified atom stereocenters. The lowest BCUT2D eigenvalue weighted by molar-refractivity contribution is -0.683. The van der Waals surface area contributed by atoms with Gasteiger partial charge in [-0.3, -0.25) is 9.59 Å². The van der Waals surface area contributed by atoms with E-state index < -0.39 is 5.91 Å². The highest BCUT2D eigenvalue weighted by atomic mass is 79.9. The lowest BCUT2D eigenvalue weighted by Crippen LogP contribution is -3.00. The maximum absolute atomic E-state index is 12.6. The van der Waals surface area contributed by atoms with Crippen molar-refractivity contribution in [1.82, 2.24) is 0 Å². The molecule has 1 aliphatic rings. The number of Topliss-reactive ketones (excluding diaryl/α,β-unsaturated/α-hetero) is 1. The summed E-state index contributed by atoms with van der Waals surface area (Å²) >= 11 is 0. The molecule has 4 nitrogen and oxygen atoms in total. The van der Waals surface area contributed by atoms with Gasteiger partial charge in [-0.2, -0.15) is 4.57 Å². The summed E-state index contributed by atoms with van der Waals surface area (Å²) in [5.74, 6) is -0.498. The average Bonchev–Trinajstić information content (AvgIpc) is 2.99. The second kappa shape index (κ2) is 7.22. The van der Waals surface area contributed by atoms with Crippen LogP contribution >= 0.6 is 0 Å². The fraction of sp³-hybridized carbons (Fsp3) is 0.0952. The van der Waals surface area contributed by atoms with Crippen molar-refractivity contribution in [3.63, 3.8) is 0 Å². The summed E-state index contributed by atoms with van der Waals surface area (Å²) in [6.07, 6.45) is 4.22. The van der Waals surface area contributed by atoms with Crippen LogP contribution in [0.5, 0.6) is 0 Å². The number of hydrogen-bond donors (Lipinski definition) is 1. The highest BCUT2D eigenvalue weighted by molar-refractivity contribution is 5.96. The van der Waals surface area contributed by atoms with Crippen molar-refractivity contribution in [2.24, 2.45) is 5.73 Å².